The summed E-state index contributed by atoms with van der Waals surface area (Å²) >= 11 is 0. The van der Waals surface area contributed by atoms with E-state index in [1.165, 1.54) is 25.7 Å². The Morgan fingerprint density at radius 3 is 1.44 bits per heavy atom. The zero-order valence-corrected chi connectivity index (χ0v) is 6.48. The molecule has 2 saturated carbocycles. The van der Waals surface area contributed by atoms with E-state index in [9.17, 15) is 0 Å². The summed E-state index contributed by atoms with van der Waals surface area (Å²) in [6.07, 6.45) is 6.08. The quantitative estimate of drug-likeness (QED) is 0.466. The van der Waals surface area contributed by atoms with E-state index in [4.69, 9.17) is 0 Å². The van der Waals surface area contributed by atoms with E-state index < -0.39 is 0 Å². The number of rotatable bonds is 0. The van der Waals surface area contributed by atoms with Crippen LogP contribution in [0.3, 0.4) is 0 Å². The Morgan fingerprint density at radius 1 is 1.00 bits per heavy atom. The van der Waals surface area contributed by atoms with Gasteiger partial charge in [-0.1, -0.05) is 13.8 Å². The molecular formula is C9H16. The van der Waals surface area contributed by atoms with Crippen molar-refractivity contribution in [2.24, 2.45) is 17.3 Å². The maximum Gasteiger partial charge on any atom is -0.0246 e. The van der Waals surface area contributed by atoms with E-state index in [0.29, 0.717) is 0 Å². The molecule has 0 nitrogen and oxygen atoms in total. The minimum absolute atomic E-state index is 0.861. The average Bonchev–Trinajstić information content (AvgIpc) is 1.82. The zero-order chi connectivity index (χ0) is 6.48. The van der Waals surface area contributed by atoms with Crippen molar-refractivity contribution in [3.05, 3.63) is 0 Å². The SMILES string of the molecule is C[C@@H]1CCC12CC[C@H]2C. The molecule has 1 spiro atoms. The fraction of sp³-hybridized carbons (Fsp3) is 1.00. The lowest BCUT2D eigenvalue weighted by Crippen LogP contribution is -2.50. The first-order valence-electron chi connectivity index (χ1n) is 4.26. The van der Waals surface area contributed by atoms with Gasteiger partial charge in [-0.15, -0.1) is 0 Å². The van der Waals surface area contributed by atoms with E-state index in [1.54, 1.807) is 0 Å². The molecule has 0 aromatic rings. The van der Waals surface area contributed by atoms with Crippen LogP contribution in [0, 0.1) is 17.3 Å². The van der Waals surface area contributed by atoms with Gasteiger partial charge in [0.1, 0.15) is 0 Å². The molecule has 2 aliphatic rings. The maximum atomic E-state index is 2.43. The van der Waals surface area contributed by atoms with Gasteiger partial charge >= 0.3 is 0 Å². The second kappa shape index (κ2) is 1.53. The number of hydrogen-bond donors (Lipinski definition) is 0. The summed E-state index contributed by atoms with van der Waals surface area (Å²) in [6.45, 7) is 4.86. The lowest BCUT2D eigenvalue weighted by molar-refractivity contribution is -0.0951. The normalized spacial score (nSPS) is 46.0. The third-order valence-electron chi connectivity index (χ3n) is 4.05. The van der Waals surface area contributed by atoms with Gasteiger partial charge in [-0.05, 0) is 42.9 Å². The van der Waals surface area contributed by atoms with Gasteiger partial charge in [0, 0.05) is 0 Å². The van der Waals surface area contributed by atoms with Gasteiger partial charge in [0.05, 0.1) is 0 Å². The third-order valence-corrected chi connectivity index (χ3v) is 4.05. The highest BCUT2D eigenvalue weighted by atomic mass is 14.6. The molecule has 0 heterocycles. The molecule has 0 aromatic heterocycles. The topological polar surface area (TPSA) is 0 Å². The van der Waals surface area contributed by atoms with Crippen LogP contribution in [0.25, 0.3) is 0 Å². The summed E-state index contributed by atoms with van der Waals surface area (Å²) in [5, 5.41) is 0. The largest absolute Gasteiger partial charge is 0.0620 e. The molecule has 0 aliphatic heterocycles. The summed E-state index contributed by atoms with van der Waals surface area (Å²) in [6, 6.07) is 0. The first-order valence-corrected chi connectivity index (χ1v) is 4.26. The van der Waals surface area contributed by atoms with E-state index >= 15 is 0 Å². The molecule has 2 atom stereocenters. The summed E-state index contributed by atoms with van der Waals surface area (Å²) in [5.41, 5.74) is 0.861. The standard InChI is InChI=1S/C9H16/c1-7-3-5-9(7)6-4-8(9)2/h7-8H,3-6H2,1-2H3/t7-,8-,9?/m1/s1. The van der Waals surface area contributed by atoms with Crippen molar-refractivity contribution in [1.82, 2.24) is 0 Å². The minimum Gasteiger partial charge on any atom is -0.0620 e. The Morgan fingerprint density at radius 2 is 1.44 bits per heavy atom. The molecule has 0 bridgehead atoms. The van der Waals surface area contributed by atoms with Crippen molar-refractivity contribution in [1.29, 1.82) is 0 Å². The van der Waals surface area contributed by atoms with Crippen LogP contribution in [-0.4, -0.2) is 0 Å². The molecule has 0 saturated heterocycles. The van der Waals surface area contributed by atoms with Crippen LogP contribution < -0.4 is 0 Å². The van der Waals surface area contributed by atoms with Crippen molar-refractivity contribution in [2.45, 2.75) is 39.5 Å². The summed E-state index contributed by atoms with van der Waals surface area (Å²) in [5.74, 6) is 2.11. The van der Waals surface area contributed by atoms with Crippen molar-refractivity contribution in [3.8, 4) is 0 Å². The molecule has 2 aliphatic carbocycles. The third kappa shape index (κ3) is 0.500. The van der Waals surface area contributed by atoms with Gasteiger partial charge < -0.3 is 0 Å². The summed E-state index contributed by atoms with van der Waals surface area (Å²) in [4.78, 5) is 0. The molecule has 0 heteroatoms. The molecule has 0 radical (unpaired) electrons. The van der Waals surface area contributed by atoms with Crippen LogP contribution >= 0.6 is 0 Å². The first-order chi connectivity index (χ1) is 4.26. The predicted octanol–water partition coefficient (Wildman–Crippen LogP) is 2.83. The van der Waals surface area contributed by atoms with E-state index in [-0.39, 0.29) is 0 Å². The minimum atomic E-state index is 0.861. The summed E-state index contributed by atoms with van der Waals surface area (Å²) in [7, 11) is 0. The highest BCUT2D eigenvalue weighted by Crippen LogP contribution is 2.62. The Balaban J connectivity index is 2.08. The smallest absolute Gasteiger partial charge is 0.0246 e. The van der Waals surface area contributed by atoms with Gasteiger partial charge in [0.2, 0.25) is 0 Å². The van der Waals surface area contributed by atoms with Gasteiger partial charge in [-0.3, -0.25) is 0 Å². The van der Waals surface area contributed by atoms with Crippen LogP contribution in [0.4, 0.5) is 0 Å². The summed E-state index contributed by atoms with van der Waals surface area (Å²) < 4.78 is 0. The number of hydrogen-bond acceptors (Lipinski definition) is 0. The van der Waals surface area contributed by atoms with E-state index in [0.717, 1.165) is 17.3 Å². The molecule has 2 fully saturated rings. The van der Waals surface area contributed by atoms with Gasteiger partial charge in [-0.2, -0.15) is 0 Å². The zero-order valence-electron chi connectivity index (χ0n) is 6.48. The Hall–Kier alpha value is 0. The molecule has 52 valence electrons. The highest BCUT2D eigenvalue weighted by Gasteiger charge is 2.52. The Kier molecular flexibility index (Phi) is 0.980. The first kappa shape index (κ1) is 5.76. The van der Waals surface area contributed by atoms with Crippen LogP contribution in [-0.2, 0) is 0 Å². The van der Waals surface area contributed by atoms with Crippen LogP contribution in [0.1, 0.15) is 39.5 Å². The molecule has 9 heavy (non-hydrogen) atoms. The highest BCUT2D eigenvalue weighted by molar-refractivity contribution is 5.02. The average molecular weight is 124 g/mol. The van der Waals surface area contributed by atoms with E-state index in [2.05, 4.69) is 13.8 Å². The molecule has 0 N–H and O–H groups in total. The fourth-order valence-corrected chi connectivity index (χ4v) is 2.71. The van der Waals surface area contributed by atoms with E-state index in [1.807, 2.05) is 0 Å². The fourth-order valence-electron chi connectivity index (χ4n) is 2.71. The molecule has 2 rings (SSSR count). The monoisotopic (exact) mass is 124 g/mol. The Bertz CT molecular complexity index is 110. The Labute approximate surface area is 57.6 Å². The maximum absolute atomic E-state index is 2.43. The molecule has 0 unspecified atom stereocenters. The van der Waals surface area contributed by atoms with Crippen LogP contribution in [0.2, 0.25) is 0 Å². The van der Waals surface area contributed by atoms with Gasteiger partial charge in [0.25, 0.3) is 0 Å². The lowest BCUT2D eigenvalue weighted by Gasteiger charge is -2.59. The second-order valence-electron chi connectivity index (χ2n) is 4.11. The van der Waals surface area contributed by atoms with Gasteiger partial charge in [0.15, 0.2) is 0 Å². The van der Waals surface area contributed by atoms with Crippen molar-refractivity contribution < 1.29 is 0 Å². The van der Waals surface area contributed by atoms with Crippen molar-refractivity contribution in [3.63, 3.8) is 0 Å². The molecule has 0 amide bonds. The van der Waals surface area contributed by atoms with Gasteiger partial charge in [-0.25, -0.2) is 0 Å². The second-order valence-corrected chi connectivity index (χ2v) is 4.11. The molecule has 0 aromatic carbocycles. The van der Waals surface area contributed by atoms with Crippen LogP contribution in [0.5, 0.6) is 0 Å². The van der Waals surface area contributed by atoms with Crippen LogP contribution in [0.15, 0.2) is 0 Å². The van der Waals surface area contributed by atoms with Crippen molar-refractivity contribution >= 4 is 0 Å². The predicted molar refractivity (Wildman–Crippen MR) is 39.2 cm³/mol. The lowest BCUT2D eigenvalue weighted by atomic mass is 9.45. The molecular weight excluding hydrogens is 108 g/mol. The van der Waals surface area contributed by atoms with Crippen molar-refractivity contribution in [2.75, 3.05) is 0 Å².